The maximum absolute atomic E-state index is 12.9. The lowest BCUT2D eigenvalue weighted by Crippen LogP contribution is -2.16. The molecule has 0 aromatic heterocycles. The van der Waals surface area contributed by atoms with E-state index in [4.69, 9.17) is 21.1 Å². The van der Waals surface area contributed by atoms with Crippen LogP contribution in [0.15, 0.2) is 66.7 Å². The van der Waals surface area contributed by atoms with Crippen LogP contribution in [0.4, 0.5) is 4.39 Å². The van der Waals surface area contributed by atoms with Gasteiger partial charge in [0.15, 0.2) is 11.5 Å². The van der Waals surface area contributed by atoms with Crippen molar-refractivity contribution in [3.05, 3.63) is 94.3 Å². The summed E-state index contributed by atoms with van der Waals surface area (Å²) in [5, 5.41) is 4.08. The molecule has 29 heavy (non-hydrogen) atoms. The number of hydrogen-bond acceptors (Lipinski definition) is 3. The summed E-state index contributed by atoms with van der Waals surface area (Å²) in [6.07, 6.45) is 0.845. The number of halogens is 3. The molecule has 0 fully saturated rings. The Labute approximate surface area is 182 Å². The summed E-state index contributed by atoms with van der Waals surface area (Å²) in [5.74, 6) is 1.18. The number of rotatable bonds is 9. The molecule has 0 amide bonds. The zero-order chi connectivity index (χ0) is 19.8. The fraction of sp³-hybridized carbons (Fsp3) is 0.217. The fourth-order valence-electron chi connectivity index (χ4n) is 2.85. The van der Waals surface area contributed by atoms with Crippen LogP contribution in [0.3, 0.4) is 0 Å². The van der Waals surface area contributed by atoms with Gasteiger partial charge < -0.3 is 14.8 Å². The van der Waals surface area contributed by atoms with Gasteiger partial charge in [0.1, 0.15) is 12.4 Å². The van der Waals surface area contributed by atoms with Crippen molar-refractivity contribution < 1.29 is 13.9 Å². The van der Waals surface area contributed by atoms with Crippen LogP contribution in [0.5, 0.6) is 11.5 Å². The summed E-state index contributed by atoms with van der Waals surface area (Å²) in [6, 6.07) is 20.1. The van der Waals surface area contributed by atoms with Crippen molar-refractivity contribution in [1.82, 2.24) is 5.32 Å². The van der Waals surface area contributed by atoms with Crippen molar-refractivity contribution in [3.8, 4) is 11.5 Å². The highest BCUT2D eigenvalue weighted by atomic mass is 35.5. The van der Waals surface area contributed by atoms with Gasteiger partial charge in [0.05, 0.1) is 7.11 Å². The third-order valence-electron chi connectivity index (χ3n) is 4.34. The Morgan fingerprint density at radius 2 is 1.66 bits per heavy atom. The van der Waals surface area contributed by atoms with E-state index < -0.39 is 0 Å². The molecular weight excluding hydrogens is 412 g/mol. The maximum Gasteiger partial charge on any atom is 0.161 e. The molecule has 6 heteroatoms. The Bertz CT molecular complexity index is 904. The van der Waals surface area contributed by atoms with Gasteiger partial charge in [-0.05, 0) is 66.1 Å². The van der Waals surface area contributed by atoms with Gasteiger partial charge >= 0.3 is 0 Å². The topological polar surface area (TPSA) is 30.5 Å². The van der Waals surface area contributed by atoms with Gasteiger partial charge in [0.25, 0.3) is 0 Å². The zero-order valence-corrected chi connectivity index (χ0v) is 17.7. The smallest absolute Gasteiger partial charge is 0.161 e. The van der Waals surface area contributed by atoms with E-state index in [1.165, 1.54) is 12.1 Å². The van der Waals surface area contributed by atoms with E-state index in [2.05, 4.69) is 5.32 Å². The molecule has 1 N–H and O–H groups in total. The average molecular weight is 436 g/mol. The summed E-state index contributed by atoms with van der Waals surface area (Å²) >= 11 is 6.01. The summed E-state index contributed by atoms with van der Waals surface area (Å²) < 4.78 is 24.3. The monoisotopic (exact) mass is 435 g/mol. The summed E-state index contributed by atoms with van der Waals surface area (Å²) in [7, 11) is 1.63. The standard InChI is InChI=1S/C23H23ClFNO2.ClH/c1-27-23-14-18(15-26-12-11-17-5-8-21(25)9-6-17)7-10-22(23)28-16-19-3-2-4-20(24)13-19;/h2-10,13-14,26H,11-12,15-16H2,1H3;1H. The Morgan fingerprint density at radius 3 is 2.38 bits per heavy atom. The molecule has 0 bridgehead atoms. The Kier molecular flexibility index (Phi) is 9.26. The first-order valence-corrected chi connectivity index (χ1v) is 9.51. The average Bonchev–Trinajstić information content (AvgIpc) is 2.71. The molecule has 0 radical (unpaired) electrons. The number of ether oxygens (including phenoxy) is 2. The van der Waals surface area contributed by atoms with Crippen LogP contribution in [0.1, 0.15) is 16.7 Å². The molecule has 0 saturated heterocycles. The van der Waals surface area contributed by atoms with E-state index in [1.54, 1.807) is 7.11 Å². The van der Waals surface area contributed by atoms with Gasteiger partial charge in [-0.1, -0.05) is 41.9 Å². The highest BCUT2D eigenvalue weighted by molar-refractivity contribution is 6.30. The minimum absolute atomic E-state index is 0. The van der Waals surface area contributed by atoms with Crippen molar-refractivity contribution in [1.29, 1.82) is 0 Å². The van der Waals surface area contributed by atoms with Crippen molar-refractivity contribution >= 4 is 24.0 Å². The molecule has 154 valence electrons. The van der Waals surface area contributed by atoms with Gasteiger partial charge in [-0.25, -0.2) is 4.39 Å². The van der Waals surface area contributed by atoms with Gasteiger partial charge in [-0.2, -0.15) is 0 Å². The minimum Gasteiger partial charge on any atom is -0.493 e. The van der Waals surface area contributed by atoms with Gasteiger partial charge in [-0.3, -0.25) is 0 Å². The SMILES string of the molecule is COc1cc(CNCCc2ccc(F)cc2)ccc1OCc1cccc(Cl)c1.Cl. The molecule has 0 aliphatic carbocycles. The third-order valence-corrected chi connectivity index (χ3v) is 4.58. The number of benzene rings is 3. The van der Waals surface area contributed by atoms with Crippen LogP contribution in [0, 0.1) is 5.82 Å². The lowest BCUT2D eigenvalue weighted by atomic mass is 10.1. The molecule has 3 nitrogen and oxygen atoms in total. The molecule has 0 saturated carbocycles. The van der Waals surface area contributed by atoms with E-state index in [1.807, 2.05) is 54.6 Å². The Morgan fingerprint density at radius 1 is 0.897 bits per heavy atom. The first kappa shape index (κ1) is 23.0. The highest BCUT2D eigenvalue weighted by Gasteiger charge is 2.07. The molecule has 0 aliphatic rings. The fourth-order valence-corrected chi connectivity index (χ4v) is 3.06. The molecule has 3 aromatic carbocycles. The molecule has 0 unspecified atom stereocenters. The van der Waals surface area contributed by atoms with Crippen molar-refractivity contribution in [3.63, 3.8) is 0 Å². The Balaban J connectivity index is 0.00000300. The van der Waals surface area contributed by atoms with Gasteiger partial charge in [0, 0.05) is 11.6 Å². The van der Waals surface area contributed by atoms with Crippen LogP contribution < -0.4 is 14.8 Å². The van der Waals surface area contributed by atoms with E-state index in [9.17, 15) is 4.39 Å². The Hall–Kier alpha value is -2.27. The van der Waals surface area contributed by atoms with Crippen LogP contribution in [-0.4, -0.2) is 13.7 Å². The van der Waals surface area contributed by atoms with Crippen molar-refractivity contribution in [2.24, 2.45) is 0 Å². The molecule has 0 spiro atoms. The van der Waals surface area contributed by atoms with E-state index in [-0.39, 0.29) is 18.2 Å². The lowest BCUT2D eigenvalue weighted by Gasteiger charge is -2.13. The van der Waals surface area contributed by atoms with Crippen LogP contribution in [-0.2, 0) is 19.6 Å². The van der Waals surface area contributed by atoms with E-state index in [0.717, 1.165) is 29.7 Å². The summed E-state index contributed by atoms with van der Waals surface area (Å²) in [5.41, 5.74) is 3.21. The van der Waals surface area contributed by atoms with Gasteiger partial charge in [-0.15, -0.1) is 12.4 Å². The summed E-state index contributed by atoms with van der Waals surface area (Å²) in [4.78, 5) is 0. The molecular formula is C23H24Cl2FNO2. The largest absolute Gasteiger partial charge is 0.493 e. The van der Waals surface area contributed by atoms with Crippen LogP contribution in [0.25, 0.3) is 0 Å². The first-order valence-electron chi connectivity index (χ1n) is 9.13. The predicted octanol–water partition coefficient (Wildman–Crippen LogP) is 5.82. The van der Waals surface area contributed by atoms with E-state index in [0.29, 0.717) is 29.7 Å². The number of nitrogens with one attached hydrogen (secondary N) is 1. The van der Waals surface area contributed by atoms with E-state index >= 15 is 0 Å². The van der Waals surface area contributed by atoms with Crippen molar-refractivity contribution in [2.75, 3.05) is 13.7 Å². The molecule has 0 atom stereocenters. The normalized spacial score (nSPS) is 10.3. The first-order chi connectivity index (χ1) is 13.6. The second-order valence-electron chi connectivity index (χ2n) is 6.46. The predicted molar refractivity (Wildman–Crippen MR) is 118 cm³/mol. The van der Waals surface area contributed by atoms with Gasteiger partial charge in [0.2, 0.25) is 0 Å². The second-order valence-corrected chi connectivity index (χ2v) is 6.89. The lowest BCUT2D eigenvalue weighted by molar-refractivity contribution is 0.284. The van der Waals surface area contributed by atoms with Crippen molar-refractivity contribution in [2.45, 2.75) is 19.6 Å². The summed E-state index contributed by atoms with van der Waals surface area (Å²) in [6.45, 7) is 1.94. The number of hydrogen-bond donors (Lipinski definition) is 1. The molecule has 3 aromatic rings. The minimum atomic E-state index is -0.207. The van der Waals surface area contributed by atoms with Crippen LogP contribution >= 0.6 is 24.0 Å². The molecule has 0 aliphatic heterocycles. The maximum atomic E-state index is 12.9. The third kappa shape index (κ3) is 7.24. The number of methoxy groups -OCH3 is 1. The quantitative estimate of drug-likeness (QED) is 0.429. The highest BCUT2D eigenvalue weighted by Crippen LogP contribution is 2.29. The molecule has 3 rings (SSSR count). The molecule has 0 heterocycles. The second kappa shape index (κ2) is 11.7. The zero-order valence-electron chi connectivity index (χ0n) is 16.2. The van der Waals surface area contributed by atoms with Crippen LogP contribution in [0.2, 0.25) is 5.02 Å².